The molecule has 0 aliphatic carbocycles. The summed E-state index contributed by atoms with van der Waals surface area (Å²) in [5.74, 6) is -0.436. The van der Waals surface area contributed by atoms with Crippen LogP contribution in [0.2, 0.25) is 0 Å². The minimum atomic E-state index is -0.910. The van der Waals surface area contributed by atoms with Gasteiger partial charge in [-0.1, -0.05) is 0 Å². The molecule has 0 atom stereocenters. The fraction of sp³-hybridized carbons (Fsp3) is 0.381. The number of carbonyl (C=O) groups is 2. The minimum Gasteiger partial charge on any atom is -0.481 e. The van der Waals surface area contributed by atoms with E-state index in [1.807, 2.05) is 26.8 Å². The van der Waals surface area contributed by atoms with Crippen LogP contribution in [0.4, 0.5) is 0 Å². The van der Waals surface area contributed by atoms with Gasteiger partial charge in [0.1, 0.15) is 16.9 Å². The molecule has 7 heteroatoms. The number of benzene rings is 1. The molecule has 148 valence electrons. The van der Waals surface area contributed by atoms with Gasteiger partial charge in [0, 0.05) is 29.3 Å². The summed E-state index contributed by atoms with van der Waals surface area (Å²) < 4.78 is 11.4. The lowest BCUT2D eigenvalue weighted by atomic mass is 9.99. The second kappa shape index (κ2) is 7.50. The average Bonchev–Trinajstić information content (AvgIpc) is 2.92. The fourth-order valence-corrected chi connectivity index (χ4v) is 3.39. The van der Waals surface area contributed by atoms with Crippen LogP contribution in [0.5, 0.6) is 0 Å². The molecule has 0 aliphatic heterocycles. The van der Waals surface area contributed by atoms with Crippen molar-refractivity contribution in [3.05, 3.63) is 44.5 Å². The maximum absolute atomic E-state index is 12.5. The van der Waals surface area contributed by atoms with Gasteiger partial charge in [-0.3, -0.25) is 9.59 Å². The van der Waals surface area contributed by atoms with E-state index in [9.17, 15) is 14.4 Å². The first-order valence-electron chi connectivity index (χ1n) is 9.14. The van der Waals surface area contributed by atoms with Crippen molar-refractivity contribution in [2.45, 2.75) is 47.0 Å². The van der Waals surface area contributed by atoms with Gasteiger partial charge in [-0.25, -0.2) is 4.79 Å². The molecule has 0 bridgehead atoms. The quantitative estimate of drug-likeness (QED) is 0.498. The molecule has 0 spiro atoms. The number of hydrogen-bond acceptors (Lipinski definition) is 5. The highest BCUT2D eigenvalue weighted by molar-refractivity contribution is 6.00. The molecule has 28 heavy (non-hydrogen) atoms. The number of rotatable bonds is 6. The summed E-state index contributed by atoms with van der Waals surface area (Å²) >= 11 is 0. The van der Waals surface area contributed by atoms with E-state index >= 15 is 0 Å². The third-order valence-corrected chi connectivity index (χ3v) is 5.17. The maximum Gasteiger partial charge on any atom is 0.340 e. The number of amides is 1. The summed E-state index contributed by atoms with van der Waals surface area (Å²) in [5.41, 5.74) is 3.42. The first-order valence-corrected chi connectivity index (χ1v) is 9.14. The number of aryl methyl sites for hydroxylation is 4. The molecule has 0 saturated heterocycles. The van der Waals surface area contributed by atoms with Gasteiger partial charge in [0.15, 0.2) is 0 Å². The van der Waals surface area contributed by atoms with Gasteiger partial charge in [-0.15, -0.1) is 0 Å². The first kappa shape index (κ1) is 19.7. The molecule has 2 aromatic heterocycles. The number of aliphatic carboxylic acids is 1. The highest BCUT2D eigenvalue weighted by Gasteiger charge is 2.20. The number of hydrogen-bond donors (Lipinski definition) is 2. The van der Waals surface area contributed by atoms with Crippen LogP contribution < -0.4 is 10.9 Å². The van der Waals surface area contributed by atoms with E-state index < -0.39 is 11.6 Å². The Morgan fingerprint density at radius 1 is 1.00 bits per heavy atom. The molecule has 3 aromatic rings. The number of nitrogens with one attached hydrogen (secondary N) is 1. The molecule has 0 radical (unpaired) electrons. The van der Waals surface area contributed by atoms with Crippen molar-refractivity contribution < 1.29 is 23.5 Å². The standard InChI is InChI=1S/C21H23NO6/c1-10-13(4)27-19-12(3)20-15(8-14(10)19)11(2)16(21(26)28-20)9-17(23)22-7-5-6-18(24)25/h8H,5-7,9H2,1-4H3,(H,22,23)(H,24,25). The second-order valence-electron chi connectivity index (χ2n) is 7.06. The van der Waals surface area contributed by atoms with E-state index in [0.29, 0.717) is 28.7 Å². The lowest BCUT2D eigenvalue weighted by molar-refractivity contribution is -0.137. The molecule has 0 unspecified atom stereocenters. The Balaban J connectivity index is 1.97. The van der Waals surface area contributed by atoms with Crippen LogP contribution in [0, 0.1) is 27.7 Å². The van der Waals surface area contributed by atoms with Gasteiger partial charge in [-0.05, 0) is 51.3 Å². The van der Waals surface area contributed by atoms with Crippen LogP contribution in [0.3, 0.4) is 0 Å². The normalized spacial score (nSPS) is 11.3. The Bertz CT molecular complexity index is 1150. The highest BCUT2D eigenvalue weighted by Crippen LogP contribution is 2.34. The lowest BCUT2D eigenvalue weighted by Crippen LogP contribution is -2.29. The van der Waals surface area contributed by atoms with Crippen LogP contribution in [-0.2, 0) is 16.0 Å². The summed E-state index contributed by atoms with van der Waals surface area (Å²) in [7, 11) is 0. The molecular weight excluding hydrogens is 362 g/mol. The van der Waals surface area contributed by atoms with Crippen molar-refractivity contribution in [1.29, 1.82) is 0 Å². The van der Waals surface area contributed by atoms with Crippen molar-refractivity contribution in [3.8, 4) is 0 Å². The van der Waals surface area contributed by atoms with E-state index in [-0.39, 0.29) is 25.3 Å². The summed E-state index contributed by atoms with van der Waals surface area (Å²) in [4.78, 5) is 35.2. The maximum atomic E-state index is 12.5. The highest BCUT2D eigenvalue weighted by atomic mass is 16.4. The zero-order chi connectivity index (χ0) is 20.6. The van der Waals surface area contributed by atoms with Crippen molar-refractivity contribution in [2.24, 2.45) is 0 Å². The van der Waals surface area contributed by atoms with Crippen molar-refractivity contribution in [2.75, 3.05) is 6.54 Å². The monoisotopic (exact) mass is 385 g/mol. The molecule has 0 fully saturated rings. The van der Waals surface area contributed by atoms with E-state index in [0.717, 1.165) is 27.7 Å². The third kappa shape index (κ3) is 3.52. The third-order valence-electron chi connectivity index (χ3n) is 5.17. The fourth-order valence-electron chi connectivity index (χ4n) is 3.39. The van der Waals surface area contributed by atoms with E-state index in [2.05, 4.69) is 5.32 Å². The van der Waals surface area contributed by atoms with Crippen LogP contribution in [0.25, 0.3) is 21.9 Å². The predicted molar refractivity (Wildman–Crippen MR) is 105 cm³/mol. The SMILES string of the molecule is Cc1oc2c(C)c3oc(=O)c(CC(=O)NCCCC(=O)O)c(C)c3cc2c1C. The molecule has 0 saturated carbocycles. The number of fused-ring (bicyclic) bond motifs is 2. The number of carbonyl (C=O) groups excluding carboxylic acids is 1. The minimum absolute atomic E-state index is 0.0177. The topological polar surface area (TPSA) is 110 Å². The van der Waals surface area contributed by atoms with Crippen LogP contribution in [-0.4, -0.2) is 23.5 Å². The zero-order valence-electron chi connectivity index (χ0n) is 16.4. The van der Waals surface area contributed by atoms with Crippen molar-refractivity contribution in [3.63, 3.8) is 0 Å². The Morgan fingerprint density at radius 3 is 2.32 bits per heavy atom. The molecule has 2 N–H and O–H groups in total. The van der Waals surface area contributed by atoms with E-state index in [4.69, 9.17) is 13.9 Å². The van der Waals surface area contributed by atoms with Gasteiger partial charge in [-0.2, -0.15) is 0 Å². The van der Waals surface area contributed by atoms with E-state index in [1.54, 1.807) is 6.92 Å². The molecule has 0 aliphatic rings. The Morgan fingerprint density at radius 2 is 1.64 bits per heavy atom. The van der Waals surface area contributed by atoms with Gasteiger partial charge in [0.05, 0.1) is 12.0 Å². The number of furan rings is 1. The first-order chi connectivity index (χ1) is 13.2. The molecular formula is C21H23NO6. The van der Waals surface area contributed by atoms with Crippen molar-refractivity contribution in [1.82, 2.24) is 5.32 Å². The predicted octanol–water partition coefficient (Wildman–Crippen LogP) is 3.30. The van der Waals surface area contributed by atoms with Crippen LogP contribution in [0.1, 0.15) is 40.9 Å². The Labute approximate surface area is 161 Å². The second-order valence-corrected chi connectivity index (χ2v) is 7.06. The van der Waals surface area contributed by atoms with Gasteiger partial charge >= 0.3 is 11.6 Å². The summed E-state index contributed by atoms with van der Waals surface area (Å²) in [5, 5.41) is 13.0. The average molecular weight is 385 g/mol. The molecule has 1 amide bonds. The van der Waals surface area contributed by atoms with Gasteiger partial charge in [0.25, 0.3) is 0 Å². The Kier molecular flexibility index (Phi) is 5.27. The van der Waals surface area contributed by atoms with Crippen LogP contribution >= 0.6 is 0 Å². The molecule has 2 heterocycles. The summed E-state index contributed by atoms with van der Waals surface area (Å²) in [6, 6.07) is 1.94. The van der Waals surface area contributed by atoms with Gasteiger partial charge in [0.2, 0.25) is 5.91 Å². The number of carboxylic acid groups (broad SMARTS) is 1. The Hall–Kier alpha value is -3.09. The number of carboxylic acids is 1. The van der Waals surface area contributed by atoms with E-state index in [1.165, 1.54) is 0 Å². The summed E-state index contributed by atoms with van der Waals surface area (Å²) in [6.45, 7) is 7.77. The summed E-state index contributed by atoms with van der Waals surface area (Å²) in [6.07, 6.45) is 0.205. The van der Waals surface area contributed by atoms with Crippen molar-refractivity contribution >= 4 is 33.8 Å². The smallest absolute Gasteiger partial charge is 0.340 e. The molecule has 1 aromatic carbocycles. The zero-order valence-corrected chi connectivity index (χ0v) is 16.4. The van der Waals surface area contributed by atoms with Crippen LogP contribution in [0.15, 0.2) is 19.7 Å². The molecule has 7 nitrogen and oxygen atoms in total. The lowest BCUT2D eigenvalue weighted by Gasteiger charge is -2.10. The molecule has 3 rings (SSSR count). The van der Waals surface area contributed by atoms with Gasteiger partial charge < -0.3 is 19.3 Å². The largest absolute Gasteiger partial charge is 0.481 e.